The summed E-state index contributed by atoms with van der Waals surface area (Å²) in [4.78, 5) is 14.8. The molecule has 0 bridgehead atoms. The fourth-order valence-electron chi connectivity index (χ4n) is 4.98. The average molecular weight is 533 g/mol. The molecule has 4 nitrogen and oxygen atoms in total. The van der Waals surface area contributed by atoms with Gasteiger partial charge in [-0.3, -0.25) is 0 Å². The molecule has 1 aromatic heterocycles. The van der Waals surface area contributed by atoms with Gasteiger partial charge in [0.25, 0.3) is 0 Å². The van der Waals surface area contributed by atoms with Crippen LogP contribution >= 0.6 is 0 Å². The molecule has 0 spiro atoms. The number of hydrogen-bond acceptors (Lipinski definition) is 4. The van der Waals surface area contributed by atoms with Crippen LogP contribution in [0.2, 0.25) is 0 Å². The van der Waals surface area contributed by atoms with E-state index in [1.807, 2.05) is 26.0 Å². The monoisotopic (exact) mass is 532 g/mol. The van der Waals surface area contributed by atoms with Crippen LogP contribution in [-0.4, -0.2) is 15.0 Å². The Bertz CT molecular complexity index is 1710. The number of anilines is 1. The number of nitrogens with two attached hydrogens (primary N) is 1. The van der Waals surface area contributed by atoms with Crippen LogP contribution in [0.4, 0.5) is 5.69 Å². The van der Waals surface area contributed by atoms with Crippen molar-refractivity contribution in [3.63, 3.8) is 0 Å². The number of nitrogens with zero attached hydrogens (tertiary/aromatic N) is 3. The minimum absolute atomic E-state index is 0.626. The number of nitrogen functional groups attached to an aromatic ring is 1. The topological polar surface area (TPSA) is 64.7 Å². The van der Waals surface area contributed by atoms with Crippen molar-refractivity contribution in [1.29, 1.82) is 0 Å². The second-order valence-electron chi connectivity index (χ2n) is 10.7. The summed E-state index contributed by atoms with van der Waals surface area (Å²) in [6, 6.07) is 38.0. The maximum Gasteiger partial charge on any atom is 0.164 e. The maximum absolute atomic E-state index is 6.26. The zero-order valence-electron chi connectivity index (χ0n) is 23.8. The van der Waals surface area contributed by atoms with Gasteiger partial charge in [-0.1, -0.05) is 108 Å². The van der Waals surface area contributed by atoms with Crippen LogP contribution in [-0.2, 0) is 0 Å². The van der Waals surface area contributed by atoms with E-state index in [1.54, 1.807) is 0 Å². The van der Waals surface area contributed by atoms with Gasteiger partial charge in [0.2, 0.25) is 0 Å². The van der Waals surface area contributed by atoms with Crippen LogP contribution in [0.5, 0.6) is 0 Å². The summed E-state index contributed by atoms with van der Waals surface area (Å²) in [5.41, 5.74) is 19.0. The van der Waals surface area contributed by atoms with Crippen molar-refractivity contribution in [2.24, 2.45) is 0 Å². The molecule has 0 amide bonds. The van der Waals surface area contributed by atoms with E-state index in [0.717, 1.165) is 44.6 Å². The summed E-state index contributed by atoms with van der Waals surface area (Å²) in [6.45, 7) is 8.23. The van der Waals surface area contributed by atoms with Crippen molar-refractivity contribution in [3.8, 4) is 56.4 Å². The Hall–Kier alpha value is -5.09. The molecule has 0 aliphatic heterocycles. The highest BCUT2D eigenvalue weighted by molar-refractivity contribution is 5.73. The van der Waals surface area contributed by atoms with Crippen LogP contribution in [0, 0.1) is 27.7 Å². The molecule has 2 N–H and O–H groups in total. The van der Waals surface area contributed by atoms with Crippen molar-refractivity contribution in [2.75, 3.05) is 5.73 Å². The first-order chi connectivity index (χ1) is 19.8. The Morgan fingerprint density at radius 2 is 0.634 bits per heavy atom. The molecule has 5 aromatic carbocycles. The molecular weight excluding hydrogens is 500 g/mol. The number of benzene rings is 5. The van der Waals surface area contributed by atoms with Gasteiger partial charge in [0.1, 0.15) is 0 Å². The van der Waals surface area contributed by atoms with E-state index in [1.165, 1.54) is 22.3 Å². The second-order valence-corrected chi connectivity index (χ2v) is 10.7. The molecule has 0 unspecified atom stereocenters. The normalized spacial score (nSPS) is 11.0. The van der Waals surface area contributed by atoms with Gasteiger partial charge >= 0.3 is 0 Å². The number of aromatic nitrogens is 3. The number of rotatable bonds is 5. The molecule has 0 radical (unpaired) electrons. The van der Waals surface area contributed by atoms with Gasteiger partial charge in [0, 0.05) is 22.4 Å². The fourth-order valence-corrected chi connectivity index (χ4v) is 4.98. The first-order valence-corrected chi connectivity index (χ1v) is 13.8. The molecule has 1 heterocycles. The Balaban J connectivity index is 1.43. The molecular formula is C37H32N4. The van der Waals surface area contributed by atoms with Gasteiger partial charge in [-0.25, -0.2) is 15.0 Å². The van der Waals surface area contributed by atoms with E-state index in [0.29, 0.717) is 17.5 Å². The van der Waals surface area contributed by atoms with Crippen LogP contribution < -0.4 is 5.73 Å². The van der Waals surface area contributed by atoms with E-state index in [2.05, 4.69) is 111 Å². The third-order valence-corrected chi connectivity index (χ3v) is 7.54. The summed E-state index contributed by atoms with van der Waals surface area (Å²) >= 11 is 0. The maximum atomic E-state index is 6.26. The first-order valence-electron chi connectivity index (χ1n) is 13.8. The van der Waals surface area contributed by atoms with Crippen molar-refractivity contribution < 1.29 is 0 Å². The van der Waals surface area contributed by atoms with Gasteiger partial charge in [-0.05, 0) is 73.2 Å². The van der Waals surface area contributed by atoms with Crippen LogP contribution in [0.25, 0.3) is 56.4 Å². The first kappa shape index (κ1) is 26.1. The van der Waals surface area contributed by atoms with E-state index < -0.39 is 0 Å². The quantitative estimate of drug-likeness (QED) is 0.225. The summed E-state index contributed by atoms with van der Waals surface area (Å²) in [7, 11) is 0. The largest absolute Gasteiger partial charge is 0.398 e. The highest BCUT2D eigenvalue weighted by Gasteiger charge is 2.14. The minimum atomic E-state index is 0.626. The number of hydrogen-bond donors (Lipinski definition) is 1. The van der Waals surface area contributed by atoms with Gasteiger partial charge in [0.05, 0.1) is 0 Å². The van der Waals surface area contributed by atoms with Gasteiger partial charge in [-0.15, -0.1) is 0 Å². The van der Waals surface area contributed by atoms with Crippen molar-refractivity contribution in [3.05, 3.63) is 131 Å². The lowest BCUT2D eigenvalue weighted by Gasteiger charge is -2.12. The molecule has 0 aliphatic carbocycles. The van der Waals surface area contributed by atoms with Gasteiger partial charge in [-0.2, -0.15) is 0 Å². The zero-order valence-corrected chi connectivity index (χ0v) is 23.8. The molecule has 0 aliphatic rings. The standard InChI is InChI=1S/C37H32N4/c1-23-5-9-27(10-6-23)29-13-17-31(18-14-29)35-39-36(41-37(40-35)33-21-25(3)34(38)26(4)22-33)32-19-15-30(16-20-32)28-11-7-24(2)8-12-28/h5-22H,38H2,1-4H3. The van der Waals surface area contributed by atoms with Gasteiger partial charge < -0.3 is 5.73 Å². The summed E-state index contributed by atoms with van der Waals surface area (Å²) in [5, 5.41) is 0. The second kappa shape index (κ2) is 10.8. The molecule has 6 aromatic rings. The predicted octanol–water partition coefficient (Wildman–Crippen LogP) is 9.02. The van der Waals surface area contributed by atoms with E-state index in [-0.39, 0.29) is 0 Å². The van der Waals surface area contributed by atoms with Crippen molar-refractivity contribution in [2.45, 2.75) is 27.7 Å². The average Bonchev–Trinajstić information content (AvgIpc) is 3.00. The molecule has 0 atom stereocenters. The van der Waals surface area contributed by atoms with E-state index >= 15 is 0 Å². The lowest BCUT2D eigenvalue weighted by atomic mass is 10.0. The highest BCUT2D eigenvalue weighted by Crippen LogP contribution is 2.30. The molecule has 0 fully saturated rings. The SMILES string of the molecule is Cc1ccc(-c2ccc(-c3nc(-c4ccc(-c5ccc(C)cc5)cc4)nc(-c4cc(C)c(N)c(C)c4)n3)cc2)cc1. The molecule has 200 valence electrons. The third-order valence-electron chi connectivity index (χ3n) is 7.54. The smallest absolute Gasteiger partial charge is 0.164 e. The lowest BCUT2D eigenvalue weighted by Crippen LogP contribution is -2.01. The molecule has 0 saturated carbocycles. The summed E-state index contributed by atoms with van der Waals surface area (Å²) in [5.74, 6) is 1.90. The van der Waals surface area contributed by atoms with Crippen molar-refractivity contribution >= 4 is 5.69 Å². The minimum Gasteiger partial charge on any atom is -0.398 e. The van der Waals surface area contributed by atoms with Crippen molar-refractivity contribution in [1.82, 2.24) is 15.0 Å². The van der Waals surface area contributed by atoms with Crippen LogP contribution in [0.15, 0.2) is 109 Å². The van der Waals surface area contributed by atoms with Crippen LogP contribution in [0.1, 0.15) is 22.3 Å². The van der Waals surface area contributed by atoms with E-state index in [4.69, 9.17) is 20.7 Å². The molecule has 41 heavy (non-hydrogen) atoms. The summed E-state index contributed by atoms with van der Waals surface area (Å²) in [6.07, 6.45) is 0. The Labute approximate surface area is 241 Å². The molecule has 4 heteroatoms. The molecule has 0 saturated heterocycles. The van der Waals surface area contributed by atoms with Crippen LogP contribution in [0.3, 0.4) is 0 Å². The number of aryl methyl sites for hydroxylation is 4. The third kappa shape index (κ3) is 5.50. The lowest BCUT2D eigenvalue weighted by molar-refractivity contribution is 1.07. The summed E-state index contributed by atoms with van der Waals surface area (Å²) < 4.78 is 0. The fraction of sp³-hybridized carbons (Fsp3) is 0.108. The predicted molar refractivity (Wildman–Crippen MR) is 170 cm³/mol. The Morgan fingerprint density at radius 3 is 0.976 bits per heavy atom. The van der Waals surface area contributed by atoms with Gasteiger partial charge in [0.15, 0.2) is 17.5 Å². The zero-order chi connectivity index (χ0) is 28.5. The molecule has 6 rings (SSSR count). The van der Waals surface area contributed by atoms with E-state index in [9.17, 15) is 0 Å². The Morgan fingerprint density at radius 1 is 0.366 bits per heavy atom. The Kier molecular flexibility index (Phi) is 6.90. The highest BCUT2D eigenvalue weighted by atomic mass is 15.0.